The van der Waals surface area contributed by atoms with Crippen molar-refractivity contribution in [3.05, 3.63) is 35.9 Å². The number of benzene rings is 1. The van der Waals surface area contributed by atoms with Gasteiger partial charge in [0.05, 0.1) is 18.6 Å². The van der Waals surface area contributed by atoms with Crippen LogP contribution in [0.4, 0.5) is 0 Å². The van der Waals surface area contributed by atoms with Crippen LogP contribution < -0.4 is 0 Å². The minimum Gasteiger partial charge on any atom is -0.469 e. The van der Waals surface area contributed by atoms with E-state index in [0.29, 0.717) is 13.1 Å². The number of likely N-dealkylation sites (tertiary alicyclic amines) is 1. The summed E-state index contributed by atoms with van der Waals surface area (Å²) in [4.78, 5) is 13.8. The Kier molecular flexibility index (Phi) is 4.78. The molecule has 1 unspecified atom stereocenters. The molecule has 1 N–H and O–H groups in total. The Bertz CT molecular complexity index is 444. The van der Waals surface area contributed by atoms with Crippen molar-refractivity contribution in [2.75, 3.05) is 26.7 Å². The Hall–Kier alpha value is -1.39. The van der Waals surface area contributed by atoms with E-state index in [9.17, 15) is 9.90 Å². The van der Waals surface area contributed by atoms with Crippen molar-refractivity contribution >= 4 is 5.97 Å². The average Bonchev–Trinajstić information content (AvgIpc) is 2.47. The molecule has 4 nitrogen and oxygen atoms in total. The molecule has 0 saturated carbocycles. The standard InChI is InChI=1S/C16H23NO3/c1-16(19,14-8-4-3-5-9-14)12-17-10-6-7-13(11-17)15(18)20-2/h3-5,8-9,13,19H,6-7,10-12H2,1-2H3/t13-,16?/m0/s1. The fraction of sp³-hybridized carbons (Fsp3) is 0.562. The second kappa shape index (κ2) is 6.37. The van der Waals surface area contributed by atoms with Gasteiger partial charge in [0.15, 0.2) is 0 Å². The van der Waals surface area contributed by atoms with E-state index in [1.807, 2.05) is 37.3 Å². The molecule has 0 radical (unpaired) electrons. The van der Waals surface area contributed by atoms with E-state index in [4.69, 9.17) is 4.74 Å². The summed E-state index contributed by atoms with van der Waals surface area (Å²) in [6, 6.07) is 9.66. The molecule has 0 aromatic heterocycles. The lowest BCUT2D eigenvalue weighted by Crippen LogP contribution is -2.45. The van der Waals surface area contributed by atoms with Crippen LogP contribution in [0.3, 0.4) is 0 Å². The van der Waals surface area contributed by atoms with E-state index in [1.54, 1.807) is 0 Å². The van der Waals surface area contributed by atoms with Gasteiger partial charge in [-0.05, 0) is 31.9 Å². The van der Waals surface area contributed by atoms with Crippen molar-refractivity contribution < 1.29 is 14.6 Å². The van der Waals surface area contributed by atoms with Crippen LogP contribution in [0, 0.1) is 5.92 Å². The van der Waals surface area contributed by atoms with Crippen molar-refractivity contribution in [2.45, 2.75) is 25.4 Å². The second-order valence-corrected chi connectivity index (χ2v) is 5.74. The first-order valence-corrected chi connectivity index (χ1v) is 7.11. The number of esters is 1. The molecule has 20 heavy (non-hydrogen) atoms. The van der Waals surface area contributed by atoms with Crippen LogP contribution in [-0.2, 0) is 15.1 Å². The third kappa shape index (κ3) is 3.58. The summed E-state index contributed by atoms with van der Waals surface area (Å²) in [6.45, 7) is 3.93. The van der Waals surface area contributed by atoms with E-state index in [2.05, 4.69) is 4.90 Å². The minimum atomic E-state index is -0.904. The monoisotopic (exact) mass is 277 g/mol. The van der Waals surface area contributed by atoms with Crippen molar-refractivity contribution in [3.63, 3.8) is 0 Å². The van der Waals surface area contributed by atoms with E-state index in [1.165, 1.54) is 7.11 Å². The molecule has 0 spiro atoms. The molecule has 4 heteroatoms. The van der Waals surface area contributed by atoms with Gasteiger partial charge in [-0.2, -0.15) is 0 Å². The van der Waals surface area contributed by atoms with Gasteiger partial charge in [-0.25, -0.2) is 0 Å². The molecule has 1 fully saturated rings. The van der Waals surface area contributed by atoms with E-state index in [-0.39, 0.29) is 11.9 Å². The van der Waals surface area contributed by atoms with Gasteiger partial charge in [0.2, 0.25) is 0 Å². The molecule has 1 aromatic rings. The number of rotatable bonds is 4. The first kappa shape index (κ1) is 15.0. The Morgan fingerprint density at radius 3 is 2.80 bits per heavy atom. The molecule has 1 saturated heterocycles. The molecule has 0 aliphatic carbocycles. The maximum atomic E-state index is 11.6. The third-order valence-corrected chi connectivity index (χ3v) is 3.97. The van der Waals surface area contributed by atoms with Crippen molar-refractivity contribution in [2.24, 2.45) is 5.92 Å². The highest BCUT2D eigenvalue weighted by atomic mass is 16.5. The highest BCUT2D eigenvalue weighted by molar-refractivity contribution is 5.72. The normalized spacial score (nSPS) is 23.1. The smallest absolute Gasteiger partial charge is 0.309 e. The first-order chi connectivity index (χ1) is 9.53. The third-order valence-electron chi connectivity index (χ3n) is 3.97. The lowest BCUT2D eigenvalue weighted by molar-refractivity contribution is -0.147. The Balaban J connectivity index is 2.00. The number of nitrogens with zero attached hydrogens (tertiary/aromatic N) is 1. The lowest BCUT2D eigenvalue weighted by Gasteiger charge is -2.36. The molecular weight excluding hydrogens is 254 g/mol. The van der Waals surface area contributed by atoms with E-state index in [0.717, 1.165) is 24.9 Å². The molecule has 0 amide bonds. The zero-order valence-electron chi connectivity index (χ0n) is 12.2. The van der Waals surface area contributed by atoms with Crippen molar-refractivity contribution in [1.82, 2.24) is 4.90 Å². The number of hydrogen-bond acceptors (Lipinski definition) is 4. The lowest BCUT2D eigenvalue weighted by atomic mass is 9.92. The maximum absolute atomic E-state index is 11.6. The van der Waals surface area contributed by atoms with Crippen LogP contribution in [0.15, 0.2) is 30.3 Å². The molecule has 1 aromatic carbocycles. The molecule has 2 atom stereocenters. The fourth-order valence-corrected chi connectivity index (χ4v) is 2.88. The summed E-state index contributed by atoms with van der Waals surface area (Å²) in [5.41, 5.74) is -0.000547. The number of ether oxygens (including phenoxy) is 1. The summed E-state index contributed by atoms with van der Waals surface area (Å²) in [5.74, 6) is -0.214. The van der Waals surface area contributed by atoms with Gasteiger partial charge in [-0.15, -0.1) is 0 Å². The summed E-state index contributed by atoms with van der Waals surface area (Å²) < 4.78 is 4.82. The van der Waals surface area contributed by atoms with Crippen molar-refractivity contribution in [1.29, 1.82) is 0 Å². The van der Waals surface area contributed by atoms with Crippen LogP contribution in [0.2, 0.25) is 0 Å². The number of aliphatic hydroxyl groups is 1. The average molecular weight is 277 g/mol. The summed E-state index contributed by atoms with van der Waals surface area (Å²) in [5, 5.41) is 10.7. The largest absolute Gasteiger partial charge is 0.469 e. The highest BCUT2D eigenvalue weighted by Gasteiger charge is 2.31. The SMILES string of the molecule is COC(=O)[C@H]1CCCN(CC(C)(O)c2ccccc2)C1. The molecule has 1 aliphatic heterocycles. The number of carbonyl (C=O) groups is 1. The molecule has 110 valence electrons. The Morgan fingerprint density at radius 1 is 1.45 bits per heavy atom. The number of methoxy groups -OCH3 is 1. The Morgan fingerprint density at radius 2 is 2.15 bits per heavy atom. The predicted octanol–water partition coefficient (Wildman–Crippen LogP) is 1.78. The predicted molar refractivity (Wildman–Crippen MR) is 77.2 cm³/mol. The molecule has 1 heterocycles. The zero-order valence-corrected chi connectivity index (χ0v) is 12.2. The molecular formula is C16H23NO3. The van der Waals surface area contributed by atoms with Crippen LogP contribution in [0.25, 0.3) is 0 Å². The van der Waals surface area contributed by atoms with E-state index < -0.39 is 5.60 Å². The van der Waals surface area contributed by atoms with Crippen molar-refractivity contribution in [3.8, 4) is 0 Å². The quantitative estimate of drug-likeness (QED) is 0.852. The van der Waals surface area contributed by atoms with Gasteiger partial charge < -0.3 is 9.84 Å². The second-order valence-electron chi connectivity index (χ2n) is 5.74. The number of β-amino-alcohol motifs (C(OH)–C–C–N with tert-alkyl or cyclic N) is 1. The van der Waals surface area contributed by atoms with Gasteiger partial charge in [0, 0.05) is 13.1 Å². The van der Waals surface area contributed by atoms with Crippen LogP contribution in [0.5, 0.6) is 0 Å². The summed E-state index contributed by atoms with van der Waals surface area (Å²) in [7, 11) is 1.43. The number of piperidine rings is 1. The zero-order chi connectivity index (χ0) is 14.6. The molecule has 2 rings (SSSR count). The number of hydrogen-bond donors (Lipinski definition) is 1. The van der Waals surface area contributed by atoms with Gasteiger partial charge in [-0.3, -0.25) is 9.69 Å². The van der Waals surface area contributed by atoms with Crippen LogP contribution >= 0.6 is 0 Å². The Labute approximate surface area is 120 Å². The van der Waals surface area contributed by atoms with Gasteiger partial charge in [-0.1, -0.05) is 30.3 Å². The molecule has 0 bridgehead atoms. The topological polar surface area (TPSA) is 49.8 Å². The summed E-state index contributed by atoms with van der Waals surface area (Å²) >= 11 is 0. The number of carbonyl (C=O) groups excluding carboxylic acids is 1. The maximum Gasteiger partial charge on any atom is 0.309 e. The first-order valence-electron chi connectivity index (χ1n) is 7.11. The minimum absolute atomic E-state index is 0.0691. The molecule has 1 aliphatic rings. The van der Waals surface area contributed by atoms with Gasteiger partial charge in [0.25, 0.3) is 0 Å². The van der Waals surface area contributed by atoms with Crippen LogP contribution in [-0.4, -0.2) is 42.7 Å². The van der Waals surface area contributed by atoms with Gasteiger partial charge in [0.1, 0.15) is 0 Å². The van der Waals surface area contributed by atoms with Gasteiger partial charge >= 0.3 is 5.97 Å². The summed E-state index contributed by atoms with van der Waals surface area (Å²) in [6.07, 6.45) is 1.83. The van der Waals surface area contributed by atoms with Crippen LogP contribution in [0.1, 0.15) is 25.3 Å². The highest BCUT2D eigenvalue weighted by Crippen LogP contribution is 2.25. The fourth-order valence-electron chi connectivity index (χ4n) is 2.88. The van der Waals surface area contributed by atoms with E-state index >= 15 is 0 Å².